The lowest BCUT2D eigenvalue weighted by atomic mass is 9.48. The molecule has 0 spiro atoms. The van der Waals surface area contributed by atoms with E-state index >= 15 is 0 Å². The highest BCUT2D eigenvalue weighted by atomic mass is 16.1. The molecule has 0 aromatic rings. The third kappa shape index (κ3) is 0.991. The van der Waals surface area contributed by atoms with E-state index in [1.54, 1.807) is 0 Å². The van der Waals surface area contributed by atoms with Gasteiger partial charge < -0.3 is 11.5 Å². The fourth-order valence-corrected chi connectivity index (χ4v) is 4.62. The molecule has 3 atom stereocenters. The Balaban J connectivity index is 1.97. The van der Waals surface area contributed by atoms with E-state index in [9.17, 15) is 4.79 Å². The van der Waals surface area contributed by atoms with Crippen molar-refractivity contribution in [2.45, 2.75) is 37.6 Å². The van der Waals surface area contributed by atoms with Crippen molar-refractivity contribution in [3.8, 4) is 0 Å². The molecule has 4 aliphatic rings. The average Bonchev–Trinajstić information content (AvgIpc) is 1.97. The highest BCUT2D eigenvalue weighted by molar-refractivity contribution is 5.79. The zero-order valence-electron chi connectivity index (χ0n) is 8.41. The molecule has 14 heavy (non-hydrogen) atoms. The second-order valence-electron chi connectivity index (χ2n) is 5.72. The van der Waals surface area contributed by atoms with Gasteiger partial charge in [0.25, 0.3) is 0 Å². The van der Waals surface area contributed by atoms with Gasteiger partial charge >= 0.3 is 0 Å². The predicted octanol–water partition coefficient (Wildman–Crippen LogP) is 0.625. The van der Waals surface area contributed by atoms with Crippen LogP contribution >= 0.6 is 0 Å². The Hall–Kier alpha value is -0.570. The summed E-state index contributed by atoms with van der Waals surface area (Å²) in [7, 11) is 0. The van der Waals surface area contributed by atoms with E-state index in [0.717, 1.165) is 24.7 Å². The Morgan fingerprint density at radius 1 is 1.14 bits per heavy atom. The van der Waals surface area contributed by atoms with Crippen LogP contribution in [-0.2, 0) is 4.79 Å². The van der Waals surface area contributed by atoms with Gasteiger partial charge in [0.2, 0.25) is 5.91 Å². The SMILES string of the molecule is NC(=O)C1C2CC3CC(C2)CC1(N)C3. The van der Waals surface area contributed by atoms with Gasteiger partial charge in [-0.15, -0.1) is 0 Å². The number of carbonyl (C=O) groups is 1. The van der Waals surface area contributed by atoms with Crippen LogP contribution < -0.4 is 11.5 Å². The second-order valence-corrected chi connectivity index (χ2v) is 5.72. The molecule has 0 aliphatic heterocycles. The van der Waals surface area contributed by atoms with Crippen molar-refractivity contribution in [2.24, 2.45) is 35.1 Å². The molecule has 4 saturated carbocycles. The van der Waals surface area contributed by atoms with Crippen LogP contribution in [0.5, 0.6) is 0 Å². The van der Waals surface area contributed by atoms with Crippen molar-refractivity contribution in [2.75, 3.05) is 0 Å². The van der Waals surface area contributed by atoms with Gasteiger partial charge in [-0.25, -0.2) is 0 Å². The van der Waals surface area contributed by atoms with E-state index < -0.39 is 0 Å². The van der Waals surface area contributed by atoms with Crippen molar-refractivity contribution in [1.29, 1.82) is 0 Å². The maximum atomic E-state index is 11.4. The van der Waals surface area contributed by atoms with Crippen molar-refractivity contribution < 1.29 is 4.79 Å². The van der Waals surface area contributed by atoms with E-state index in [4.69, 9.17) is 11.5 Å². The van der Waals surface area contributed by atoms with Crippen LogP contribution in [0.2, 0.25) is 0 Å². The van der Waals surface area contributed by atoms with Crippen LogP contribution in [0.15, 0.2) is 0 Å². The van der Waals surface area contributed by atoms with Crippen LogP contribution in [0.3, 0.4) is 0 Å². The first kappa shape index (κ1) is 8.72. The molecule has 0 aromatic carbocycles. The van der Waals surface area contributed by atoms with E-state index in [1.807, 2.05) is 0 Å². The quantitative estimate of drug-likeness (QED) is 0.642. The monoisotopic (exact) mass is 194 g/mol. The van der Waals surface area contributed by atoms with Gasteiger partial charge in [0, 0.05) is 5.54 Å². The molecular formula is C11H18N2O. The molecule has 3 unspecified atom stereocenters. The maximum Gasteiger partial charge on any atom is 0.222 e. The molecule has 3 heteroatoms. The van der Waals surface area contributed by atoms with E-state index in [0.29, 0.717) is 5.92 Å². The van der Waals surface area contributed by atoms with Crippen LogP contribution in [0.1, 0.15) is 32.1 Å². The van der Waals surface area contributed by atoms with Gasteiger partial charge in [0.05, 0.1) is 5.92 Å². The molecule has 4 aliphatic carbocycles. The summed E-state index contributed by atoms with van der Waals surface area (Å²) in [5.74, 6) is 1.89. The number of amides is 1. The number of hydrogen-bond donors (Lipinski definition) is 2. The standard InChI is InChI=1S/C11H18N2O/c12-10(14)9-8-2-6-1-7(3-8)5-11(9,13)4-6/h6-9H,1-5,13H2,(H2,12,14). The highest BCUT2D eigenvalue weighted by Crippen LogP contribution is 2.57. The van der Waals surface area contributed by atoms with Crippen LogP contribution in [0.4, 0.5) is 0 Å². The zero-order valence-corrected chi connectivity index (χ0v) is 8.41. The number of carbonyl (C=O) groups excluding carboxylic acids is 1. The molecule has 0 aromatic heterocycles. The van der Waals surface area contributed by atoms with Crippen molar-refractivity contribution in [3.05, 3.63) is 0 Å². The molecule has 4 fully saturated rings. The minimum absolute atomic E-state index is 0.0321. The lowest BCUT2D eigenvalue weighted by molar-refractivity contribution is -0.137. The fraction of sp³-hybridized carbons (Fsp3) is 0.909. The van der Waals surface area contributed by atoms with Gasteiger partial charge in [0.15, 0.2) is 0 Å². The van der Waals surface area contributed by atoms with Crippen LogP contribution in [-0.4, -0.2) is 11.4 Å². The summed E-state index contributed by atoms with van der Waals surface area (Å²) >= 11 is 0. The summed E-state index contributed by atoms with van der Waals surface area (Å²) in [6.45, 7) is 0. The third-order valence-corrected chi connectivity index (χ3v) is 4.67. The largest absolute Gasteiger partial charge is 0.369 e. The normalized spacial score (nSPS) is 54.9. The van der Waals surface area contributed by atoms with E-state index in [2.05, 4.69) is 0 Å². The predicted molar refractivity (Wildman–Crippen MR) is 53.2 cm³/mol. The zero-order chi connectivity index (χ0) is 9.92. The summed E-state index contributed by atoms with van der Waals surface area (Å²) in [5.41, 5.74) is 11.6. The molecule has 4 rings (SSSR count). The van der Waals surface area contributed by atoms with Crippen molar-refractivity contribution >= 4 is 5.91 Å². The van der Waals surface area contributed by atoms with Crippen LogP contribution in [0.25, 0.3) is 0 Å². The molecular weight excluding hydrogens is 176 g/mol. The lowest BCUT2D eigenvalue weighted by Gasteiger charge is -2.58. The Morgan fingerprint density at radius 2 is 1.71 bits per heavy atom. The first-order valence-electron chi connectivity index (χ1n) is 5.67. The Morgan fingerprint density at radius 3 is 2.14 bits per heavy atom. The molecule has 3 nitrogen and oxygen atoms in total. The molecule has 0 heterocycles. The number of primary amides is 1. The Bertz CT molecular complexity index is 275. The van der Waals surface area contributed by atoms with Crippen molar-refractivity contribution in [3.63, 3.8) is 0 Å². The third-order valence-electron chi connectivity index (χ3n) is 4.67. The summed E-state index contributed by atoms with van der Waals surface area (Å²) in [5, 5.41) is 0. The van der Waals surface area contributed by atoms with Gasteiger partial charge in [0.1, 0.15) is 0 Å². The molecule has 1 amide bonds. The molecule has 0 saturated heterocycles. The van der Waals surface area contributed by atoms with E-state index in [1.165, 1.54) is 19.3 Å². The first-order valence-corrected chi connectivity index (χ1v) is 5.67. The summed E-state index contributed by atoms with van der Waals surface area (Å²) in [4.78, 5) is 11.4. The minimum Gasteiger partial charge on any atom is -0.369 e. The average molecular weight is 194 g/mol. The van der Waals surface area contributed by atoms with E-state index in [-0.39, 0.29) is 17.4 Å². The first-order chi connectivity index (χ1) is 6.58. The molecule has 4 bridgehead atoms. The summed E-state index contributed by atoms with van der Waals surface area (Å²) < 4.78 is 0. The highest BCUT2D eigenvalue weighted by Gasteiger charge is 2.57. The van der Waals surface area contributed by atoms with Gasteiger partial charge in [-0.05, 0) is 49.9 Å². The molecule has 4 N–H and O–H groups in total. The Kier molecular flexibility index (Phi) is 1.56. The number of nitrogens with two attached hydrogens (primary N) is 2. The van der Waals surface area contributed by atoms with Gasteiger partial charge in [-0.2, -0.15) is 0 Å². The lowest BCUT2D eigenvalue weighted by Crippen LogP contribution is -2.65. The maximum absolute atomic E-state index is 11.4. The fourth-order valence-electron chi connectivity index (χ4n) is 4.62. The topological polar surface area (TPSA) is 69.1 Å². The second kappa shape index (κ2) is 2.51. The summed E-state index contributed by atoms with van der Waals surface area (Å²) in [6, 6.07) is 0. The molecule has 0 radical (unpaired) electrons. The smallest absolute Gasteiger partial charge is 0.222 e. The van der Waals surface area contributed by atoms with Crippen molar-refractivity contribution in [1.82, 2.24) is 0 Å². The Labute approximate surface area is 84.2 Å². The summed E-state index contributed by atoms with van der Waals surface area (Å²) in [6.07, 6.45) is 5.81. The molecule has 78 valence electrons. The van der Waals surface area contributed by atoms with Gasteiger partial charge in [-0.3, -0.25) is 4.79 Å². The minimum atomic E-state index is -0.236. The van der Waals surface area contributed by atoms with Gasteiger partial charge in [-0.1, -0.05) is 0 Å². The van der Waals surface area contributed by atoms with Crippen LogP contribution in [0, 0.1) is 23.7 Å². The number of hydrogen-bond acceptors (Lipinski definition) is 2. The number of rotatable bonds is 1.